The molecule has 0 N–H and O–H groups in total. The van der Waals surface area contributed by atoms with Crippen LogP contribution in [0.1, 0.15) is 72.1 Å². The van der Waals surface area contributed by atoms with Gasteiger partial charge in [0.1, 0.15) is 0 Å². The number of unbranched alkanes of at least 4 members (excludes halogenated alkanes) is 4. The lowest BCUT2D eigenvalue weighted by atomic mass is 9.86. The number of carbonyl (C=O) groups excluding carboxylic acids is 1. The maximum absolute atomic E-state index is 11.9. The van der Waals surface area contributed by atoms with Gasteiger partial charge in [-0.05, 0) is 19.8 Å². The number of carbonyl (C=O) groups is 1. The Bertz CT molecular complexity index is 273. The number of hydrogen-bond donors (Lipinski definition) is 0. The maximum atomic E-state index is 11.9. The molecule has 0 bridgehead atoms. The molecular formula is C16H29NO. The molecule has 0 radical (unpaired) electrons. The summed E-state index contributed by atoms with van der Waals surface area (Å²) in [5, 5.41) is 0. The first kappa shape index (κ1) is 15.3. The van der Waals surface area contributed by atoms with Crippen LogP contribution in [-0.2, 0) is 4.79 Å². The van der Waals surface area contributed by atoms with Gasteiger partial charge in [-0.2, -0.15) is 0 Å². The minimum atomic E-state index is 0.0743. The van der Waals surface area contributed by atoms with E-state index in [-0.39, 0.29) is 11.4 Å². The van der Waals surface area contributed by atoms with Crippen molar-refractivity contribution in [2.45, 2.75) is 77.7 Å². The Labute approximate surface area is 112 Å². The van der Waals surface area contributed by atoms with Gasteiger partial charge < -0.3 is 4.90 Å². The highest BCUT2D eigenvalue weighted by Gasteiger charge is 2.34. The molecule has 2 nitrogen and oxygen atoms in total. The molecule has 0 saturated carbocycles. The van der Waals surface area contributed by atoms with Crippen molar-refractivity contribution in [2.24, 2.45) is 0 Å². The molecule has 0 aliphatic carbocycles. The van der Waals surface area contributed by atoms with Crippen LogP contribution in [0.2, 0.25) is 0 Å². The second-order valence-corrected chi connectivity index (χ2v) is 5.76. The van der Waals surface area contributed by atoms with Gasteiger partial charge in [-0.1, -0.05) is 58.4 Å². The third kappa shape index (κ3) is 4.15. The van der Waals surface area contributed by atoms with Crippen LogP contribution in [0.4, 0.5) is 0 Å². The summed E-state index contributed by atoms with van der Waals surface area (Å²) >= 11 is 0. The number of hydrogen-bond acceptors (Lipinski definition) is 1. The first-order chi connectivity index (χ1) is 8.64. The monoisotopic (exact) mass is 251 g/mol. The minimum Gasteiger partial charge on any atom is -0.330 e. The van der Waals surface area contributed by atoms with Gasteiger partial charge in [0, 0.05) is 18.2 Å². The average Bonchev–Trinajstić information content (AvgIpc) is 2.77. The fourth-order valence-corrected chi connectivity index (χ4v) is 2.83. The van der Waals surface area contributed by atoms with E-state index in [1.807, 2.05) is 6.08 Å². The summed E-state index contributed by atoms with van der Waals surface area (Å²) in [4.78, 5) is 14.0. The van der Waals surface area contributed by atoms with Gasteiger partial charge >= 0.3 is 0 Å². The van der Waals surface area contributed by atoms with Crippen LogP contribution in [0.25, 0.3) is 0 Å². The van der Waals surface area contributed by atoms with Crippen molar-refractivity contribution in [3.05, 3.63) is 12.2 Å². The molecule has 0 aromatic rings. The van der Waals surface area contributed by atoms with E-state index >= 15 is 0 Å². The molecule has 1 amide bonds. The van der Waals surface area contributed by atoms with Crippen LogP contribution in [-0.4, -0.2) is 22.9 Å². The summed E-state index contributed by atoms with van der Waals surface area (Å²) < 4.78 is 0. The van der Waals surface area contributed by atoms with Crippen molar-refractivity contribution in [3.63, 3.8) is 0 Å². The van der Waals surface area contributed by atoms with E-state index in [9.17, 15) is 4.79 Å². The van der Waals surface area contributed by atoms with E-state index in [1.165, 1.54) is 38.5 Å². The standard InChI is InChI=1S/C16H29NO/c1-4-6-8-12-16(3,13-9-7-5-2)17-14-10-11-15(17)18/h10-11H,4-9,12-14H2,1-3H3. The summed E-state index contributed by atoms with van der Waals surface area (Å²) in [6, 6.07) is 0. The van der Waals surface area contributed by atoms with Crippen LogP contribution in [0.3, 0.4) is 0 Å². The molecule has 2 heteroatoms. The molecule has 0 saturated heterocycles. The largest absolute Gasteiger partial charge is 0.330 e. The molecule has 0 aromatic heterocycles. The zero-order chi connectivity index (χ0) is 13.4. The van der Waals surface area contributed by atoms with E-state index in [2.05, 4.69) is 25.7 Å². The average molecular weight is 251 g/mol. The summed E-state index contributed by atoms with van der Waals surface area (Å²) in [6.45, 7) is 7.56. The zero-order valence-electron chi connectivity index (χ0n) is 12.4. The Morgan fingerprint density at radius 2 is 1.67 bits per heavy atom. The summed E-state index contributed by atoms with van der Waals surface area (Å²) in [7, 11) is 0. The van der Waals surface area contributed by atoms with E-state index in [0.29, 0.717) is 0 Å². The molecule has 0 spiro atoms. The highest BCUT2D eigenvalue weighted by Crippen LogP contribution is 2.30. The summed E-state index contributed by atoms with van der Waals surface area (Å²) in [5.74, 6) is 0.213. The molecule has 1 rings (SSSR count). The second-order valence-electron chi connectivity index (χ2n) is 5.76. The molecule has 0 aromatic carbocycles. The Morgan fingerprint density at radius 1 is 1.11 bits per heavy atom. The SMILES string of the molecule is CCCCCC(C)(CCCCC)N1CC=CC1=O. The molecule has 104 valence electrons. The van der Waals surface area contributed by atoms with Gasteiger partial charge in [-0.3, -0.25) is 4.79 Å². The summed E-state index contributed by atoms with van der Waals surface area (Å²) in [6.07, 6.45) is 13.6. The van der Waals surface area contributed by atoms with Gasteiger partial charge in [0.25, 0.3) is 0 Å². The number of rotatable bonds is 9. The third-order valence-electron chi connectivity index (χ3n) is 4.10. The van der Waals surface area contributed by atoms with Gasteiger partial charge in [0.2, 0.25) is 5.91 Å². The molecule has 0 atom stereocenters. The maximum Gasteiger partial charge on any atom is 0.247 e. The van der Waals surface area contributed by atoms with E-state index in [4.69, 9.17) is 0 Å². The van der Waals surface area contributed by atoms with Crippen molar-refractivity contribution in [3.8, 4) is 0 Å². The lowest BCUT2D eigenvalue weighted by molar-refractivity contribution is -0.130. The lowest BCUT2D eigenvalue weighted by Crippen LogP contribution is -2.47. The topological polar surface area (TPSA) is 20.3 Å². The highest BCUT2D eigenvalue weighted by atomic mass is 16.2. The fourth-order valence-electron chi connectivity index (χ4n) is 2.83. The molecule has 1 aliphatic heterocycles. The first-order valence-corrected chi connectivity index (χ1v) is 7.62. The Morgan fingerprint density at radius 3 is 2.06 bits per heavy atom. The van der Waals surface area contributed by atoms with Crippen LogP contribution < -0.4 is 0 Å². The quantitative estimate of drug-likeness (QED) is 0.559. The smallest absolute Gasteiger partial charge is 0.247 e. The van der Waals surface area contributed by atoms with Gasteiger partial charge in [0.05, 0.1) is 0 Å². The Hall–Kier alpha value is -0.790. The van der Waals surface area contributed by atoms with Crippen LogP contribution >= 0.6 is 0 Å². The van der Waals surface area contributed by atoms with Gasteiger partial charge in [0.15, 0.2) is 0 Å². The minimum absolute atomic E-state index is 0.0743. The number of nitrogens with zero attached hydrogens (tertiary/aromatic N) is 1. The van der Waals surface area contributed by atoms with Crippen molar-refractivity contribution in [2.75, 3.05) is 6.54 Å². The van der Waals surface area contributed by atoms with Crippen molar-refractivity contribution in [1.82, 2.24) is 4.90 Å². The molecule has 18 heavy (non-hydrogen) atoms. The Kier molecular flexibility index (Phi) is 6.45. The molecule has 1 heterocycles. The predicted molar refractivity (Wildman–Crippen MR) is 77.5 cm³/mol. The van der Waals surface area contributed by atoms with Crippen LogP contribution in [0, 0.1) is 0 Å². The molecule has 0 fully saturated rings. The molecular weight excluding hydrogens is 222 g/mol. The van der Waals surface area contributed by atoms with Crippen LogP contribution in [0.5, 0.6) is 0 Å². The van der Waals surface area contributed by atoms with Gasteiger partial charge in [-0.15, -0.1) is 0 Å². The normalized spacial score (nSPS) is 15.7. The number of amides is 1. The third-order valence-corrected chi connectivity index (χ3v) is 4.10. The van der Waals surface area contributed by atoms with Crippen molar-refractivity contribution < 1.29 is 4.79 Å². The highest BCUT2D eigenvalue weighted by molar-refractivity contribution is 5.90. The second kappa shape index (κ2) is 7.60. The van der Waals surface area contributed by atoms with E-state index in [1.54, 1.807) is 6.08 Å². The lowest BCUT2D eigenvalue weighted by Gasteiger charge is -2.39. The van der Waals surface area contributed by atoms with Crippen molar-refractivity contribution >= 4 is 5.91 Å². The molecule has 0 unspecified atom stereocenters. The van der Waals surface area contributed by atoms with Crippen LogP contribution in [0.15, 0.2) is 12.2 Å². The fraction of sp³-hybridized carbons (Fsp3) is 0.812. The Balaban J connectivity index is 2.57. The van der Waals surface area contributed by atoms with Gasteiger partial charge in [-0.25, -0.2) is 0 Å². The zero-order valence-corrected chi connectivity index (χ0v) is 12.4. The molecule has 1 aliphatic rings. The van der Waals surface area contributed by atoms with E-state index < -0.39 is 0 Å². The predicted octanol–water partition coefficient (Wildman–Crippen LogP) is 4.30. The van der Waals surface area contributed by atoms with Crippen molar-refractivity contribution in [1.29, 1.82) is 0 Å². The van der Waals surface area contributed by atoms with E-state index in [0.717, 1.165) is 19.4 Å². The summed E-state index contributed by atoms with van der Waals surface area (Å²) in [5.41, 5.74) is 0.0743. The first-order valence-electron chi connectivity index (χ1n) is 7.62.